The maximum atomic E-state index is 12.8. The van der Waals surface area contributed by atoms with Gasteiger partial charge in [-0.3, -0.25) is 0 Å². The van der Waals surface area contributed by atoms with Crippen molar-refractivity contribution in [3.05, 3.63) is 41.3 Å². The lowest BCUT2D eigenvalue weighted by atomic mass is 10.2. The summed E-state index contributed by atoms with van der Waals surface area (Å²) in [6.45, 7) is 6.75. The summed E-state index contributed by atoms with van der Waals surface area (Å²) in [7, 11) is -2.07. The monoisotopic (exact) mass is 365 g/mol. The van der Waals surface area contributed by atoms with Crippen LogP contribution in [0.2, 0.25) is 0 Å². The van der Waals surface area contributed by atoms with Crippen molar-refractivity contribution in [1.82, 2.24) is 9.46 Å². The van der Waals surface area contributed by atoms with Crippen LogP contribution >= 0.6 is 0 Å². The fourth-order valence-corrected chi connectivity index (χ4v) is 4.42. The van der Waals surface area contributed by atoms with E-state index in [1.165, 1.54) is 4.31 Å². The fraction of sp³-hybridized carbons (Fsp3) is 0.471. The Labute approximate surface area is 148 Å². The molecule has 1 saturated heterocycles. The Hall–Kier alpha value is -1.90. The van der Waals surface area contributed by atoms with E-state index in [-0.39, 0.29) is 11.4 Å². The van der Waals surface area contributed by atoms with Crippen molar-refractivity contribution in [1.29, 1.82) is 0 Å². The van der Waals surface area contributed by atoms with Crippen molar-refractivity contribution in [2.45, 2.75) is 25.3 Å². The van der Waals surface area contributed by atoms with E-state index in [1.807, 2.05) is 24.3 Å². The number of rotatable bonds is 5. The number of ether oxygens (including phenoxy) is 1. The molecule has 0 amide bonds. The largest absolute Gasteiger partial charge is 0.378 e. The Morgan fingerprint density at radius 2 is 1.80 bits per heavy atom. The van der Waals surface area contributed by atoms with Gasteiger partial charge in [-0.25, -0.2) is 8.42 Å². The van der Waals surface area contributed by atoms with Crippen molar-refractivity contribution in [3.63, 3.8) is 0 Å². The van der Waals surface area contributed by atoms with Crippen molar-refractivity contribution in [2.24, 2.45) is 0 Å². The molecule has 1 aromatic carbocycles. The smallest absolute Gasteiger partial charge is 0.248 e. The van der Waals surface area contributed by atoms with Gasteiger partial charge in [0.15, 0.2) is 5.76 Å². The van der Waals surface area contributed by atoms with Gasteiger partial charge in [-0.05, 0) is 31.5 Å². The van der Waals surface area contributed by atoms with E-state index < -0.39 is 10.0 Å². The molecule has 25 heavy (non-hydrogen) atoms. The van der Waals surface area contributed by atoms with Gasteiger partial charge in [-0.1, -0.05) is 17.3 Å². The summed E-state index contributed by atoms with van der Waals surface area (Å²) < 4.78 is 37.2. The second-order valence-corrected chi connectivity index (χ2v) is 8.16. The van der Waals surface area contributed by atoms with E-state index in [4.69, 9.17) is 9.26 Å². The van der Waals surface area contributed by atoms with E-state index in [0.717, 1.165) is 37.6 Å². The molecular formula is C17H23N3O4S. The van der Waals surface area contributed by atoms with Crippen LogP contribution in [-0.2, 0) is 21.3 Å². The number of benzene rings is 1. The molecule has 1 aliphatic rings. The minimum atomic E-state index is -3.64. The molecule has 0 bridgehead atoms. The number of nitrogens with zero attached hydrogens (tertiary/aromatic N) is 3. The quantitative estimate of drug-likeness (QED) is 0.806. The van der Waals surface area contributed by atoms with Gasteiger partial charge in [0, 0.05) is 32.4 Å². The molecular weight excluding hydrogens is 342 g/mol. The molecule has 1 aliphatic heterocycles. The van der Waals surface area contributed by atoms with Crippen molar-refractivity contribution >= 4 is 15.7 Å². The van der Waals surface area contributed by atoms with Crippen molar-refractivity contribution < 1.29 is 17.7 Å². The minimum absolute atomic E-state index is 0.153. The summed E-state index contributed by atoms with van der Waals surface area (Å²) in [6.07, 6.45) is 0. The van der Waals surface area contributed by atoms with Crippen LogP contribution in [-0.4, -0.2) is 51.2 Å². The van der Waals surface area contributed by atoms with E-state index in [2.05, 4.69) is 10.1 Å². The van der Waals surface area contributed by atoms with Crippen molar-refractivity contribution in [2.75, 3.05) is 38.3 Å². The number of hydrogen-bond acceptors (Lipinski definition) is 6. The topological polar surface area (TPSA) is 75.9 Å². The van der Waals surface area contributed by atoms with E-state index >= 15 is 0 Å². The molecule has 0 N–H and O–H groups in total. The highest BCUT2D eigenvalue weighted by atomic mass is 32.2. The summed E-state index contributed by atoms with van der Waals surface area (Å²) in [5, 5.41) is 3.74. The van der Waals surface area contributed by atoms with E-state index in [9.17, 15) is 8.42 Å². The van der Waals surface area contributed by atoms with Crippen LogP contribution in [0.1, 0.15) is 17.0 Å². The molecule has 0 aliphatic carbocycles. The van der Waals surface area contributed by atoms with Gasteiger partial charge in [0.05, 0.1) is 13.2 Å². The van der Waals surface area contributed by atoms with Crippen LogP contribution in [0.15, 0.2) is 33.7 Å². The number of morpholine rings is 1. The van der Waals surface area contributed by atoms with Crippen LogP contribution in [0.3, 0.4) is 0 Å². The van der Waals surface area contributed by atoms with Gasteiger partial charge < -0.3 is 14.2 Å². The van der Waals surface area contributed by atoms with E-state index in [1.54, 1.807) is 20.9 Å². The van der Waals surface area contributed by atoms with Crippen LogP contribution in [0, 0.1) is 13.8 Å². The molecule has 7 nitrogen and oxygen atoms in total. The molecule has 0 radical (unpaired) electrons. The first-order valence-electron chi connectivity index (χ1n) is 8.20. The molecule has 1 fully saturated rings. The Morgan fingerprint density at radius 1 is 1.16 bits per heavy atom. The summed E-state index contributed by atoms with van der Waals surface area (Å²) in [4.78, 5) is 2.41. The minimum Gasteiger partial charge on any atom is -0.378 e. The highest BCUT2D eigenvalue weighted by molar-refractivity contribution is 7.89. The predicted octanol–water partition coefficient (Wildman–Crippen LogP) is 1.95. The molecule has 3 rings (SSSR count). The first kappa shape index (κ1) is 17.9. The highest BCUT2D eigenvalue weighted by Crippen LogP contribution is 2.24. The standard InChI is InChI=1S/C17H23N3O4S/c1-13-17(14(2)24-18-13)25(21,22)19(3)12-15-4-6-16(7-5-15)20-8-10-23-11-9-20/h4-7H,8-12H2,1-3H3. The fourth-order valence-electron chi connectivity index (χ4n) is 2.97. The first-order chi connectivity index (χ1) is 11.9. The van der Waals surface area contributed by atoms with Gasteiger partial charge in [-0.15, -0.1) is 0 Å². The molecule has 8 heteroatoms. The molecule has 2 aromatic rings. The number of aryl methyl sites for hydroxylation is 2. The molecule has 0 unspecified atom stereocenters. The zero-order valence-electron chi connectivity index (χ0n) is 14.7. The summed E-state index contributed by atoms with van der Waals surface area (Å²) in [6, 6.07) is 7.97. The number of hydrogen-bond donors (Lipinski definition) is 0. The second kappa shape index (κ2) is 7.15. The van der Waals surface area contributed by atoms with Gasteiger partial charge in [0.25, 0.3) is 0 Å². The van der Waals surface area contributed by atoms with Crippen molar-refractivity contribution in [3.8, 4) is 0 Å². The maximum absolute atomic E-state index is 12.8. The van der Waals surface area contributed by atoms with Gasteiger partial charge >= 0.3 is 0 Å². The summed E-state index contributed by atoms with van der Waals surface area (Å²) in [5.41, 5.74) is 2.44. The average molecular weight is 365 g/mol. The van der Waals surface area contributed by atoms with Gasteiger partial charge in [0.1, 0.15) is 10.6 Å². The highest BCUT2D eigenvalue weighted by Gasteiger charge is 2.28. The number of sulfonamides is 1. The van der Waals surface area contributed by atoms with Crippen LogP contribution in [0.25, 0.3) is 0 Å². The van der Waals surface area contributed by atoms with Gasteiger partial charge in [0.2, 0.25) is 10.0 Å². The Balaban J connectivity index is 1.73. The SMILES string of the molecule is Cc1noc(C)c1S(=O)(=O)N(C)Cc1ccc(N2CCOCC2)cc1. The normalized spacial score (nSPS) is 15.8. The lowest BCUT2D eigenvalue weighted by Gasteiger charge is -2.29. The predicted molar refractivity (Wildman–Crippen MR) is 94.1 cm³/mol. The van der Waals surface area contributed by atoms with Crippen LogP contribution in [0.4, 0.5) is 5.69 Å². The van der Waals surface area contributed by atoms with Crippen LogP contribution in [0.5, 0.6) is 0 Å². The maximum Gasteiger partial charge on any atom is 0.248 e. The molecule has 136 valence electrons. The number of aromatic nitrogens is 1. The number of anilines is 1. The van der Waals surface area contributed by atoms with Crippen LogP contribution < -0.4 is 4.90 Å². The Kier molecular flexibility index (Phi) is 5.12. The summed E-state index contributed by atoms with van der Waals surface area (Å²) >= 11 is 0. The Bertz CT molecular complexity index is 805. The zero-order chi connectivity index (χ0) is 18.0. The lowest BCUT2D eigenvalue weighted by Crippen LogP contribution is -2.36. The molecule has 2 heterocycles. The molecule has 1 aromatic heterocycles. The molecule has 0 spiro atoms. The lowest BCUT2D eigenvalue weighted by molar-refractivity contribution is 0.122. The molecule has 0 atom stereocenters. The zero-order valence-corrected chi connectivity index (χ0v) is 15.5. The third-order valence-electron chi connectivity index (χ3n) is 4.35. The molecule has 0 saturated carbocycles. The third kappa shape index (κ3) is 3.70. The van der Waals surface area contributed by atoms with Gasteiger partial charge in [-0.2, -0.15) is 4.31 Å². The van der Waals surface area contributed by atoms with E-state index in [0.29, 0.717) is 11.5 Å². The first-order valence-corrected chi connectivity index (χ1v) is 9.64. The Morgan fingerprint density at radius 3 is 2.36 bits per heavy atom. The third-order valence-corrected chi connectivity index (χ3v) is 6.40. The summed E-state index contributed by atoms with van der Waals surface area (Å²) in [5.74, 6) is 0.312. The average Bonchev–Trinajstić information content (AvgIpc) is 2.95. The second-order valence-electron chi connectivity index (χ2n) is 6.18.